The van der Waals surface area contributed by atoms with Gasteiger partial charge in [-0.1, -0.05) is 44.4 Å². The fraction of sp³-hybridized carbons (Fsp3) is 0.684. The molecule has 0 amide bonds. The van der Waals surface area contributed by atoms with Gasteiger partial charge in [-0.3, -0.25) is 0 Å². The molecule has 1 aliphatic rings. The van der Waals surface area contributed by atoms with E-state index in [2.05, 4.69) is 52.1 Å². The zero-order chi connectivity index (χ0) is 14.8. The minimum atomic E-state index is 0.473. The minimum absolute atomic E-state index is 0.473. The molecule has 1 unspecified atom stereocenters. The van der Waals surface area contributed by atoms with Crippen LogP contribution in [0.3, 0.4) is 0 Å². The molecule has 0 spiro atoms. The highest BCUT2D eigenvalue weighted by Crippen LogP contribution is 2.51. The van der Waals surface area contributed by atoms with E-state index in [9.17, 15) is 0 Å². The summed E-state index contributed by atoms with van der Waals surface area (Å²) >= 11 is 0. The van der Waals surface area contributed by atoms with Gasteiger partial charge in [-0.25, -0.2) is 0 Å². The second-order valence-corrected chi connectivity index (χ2v) is 6.73. The lowest BCUT2D eigenvalue weighted by molar-refractivity contribution is 0.188. The molecule has 1 aromatic rings. The number of nitrogens with one attached hydrogen (secondary N) is 1. The van der Waals surface area contributed by atoms with Crippen LogP contribution >= 0.6 is 0 Å². The SMILES string of the molecule is CCNC(c1c(C)cc(C)cc1C)C1(CC)CCCC1. The second-order valence-electron chi connectivity index (χ2n) is 6.73. The lowest BCUT2D eigenvalue weighted by Crippen LogP contribution is -2.37. The van der Waals surface area contributed by atoms with Crippen molar-refractivity contribution in [2.45, 2.75) is 72.8 Å². The first kappa shape index (κ1) is 15.6. The summed E-state index contributed by atoms with van der Waals surface area (Å²) in [5.74, 6) is 0. The molecule has 1 heteroatoms. The summed E-state index contributed by atoms with van der Waals surface area (Å²) in [6.45, 7) is 12.5. The topological polar surface area (TPSA) is 12.0 Å². The van der Waals surface area contributed by atoms with E-state index < -0.39 is 0 Å². The highest BCUT2D eigenvalue weighted by atomic mass is 14.9. The molecule has 0 bridgehead atoms. The molecule has 1 saturated carbocycles. The van der Waals surface area contributed by atoms with Crippen molar-refractivity contribution in [2.75, 3.05) is 6.54 Å². The van der Waals surface area contributed by atoms with Crippen LogP contribution in [0.4, 0.5) is 0 Å². The number of hydrogen-bond acceptors (Lipinski definition) is 1. The Morgan fingerprint density at radius 1 is 1.05 bits per heavy atom. The molecule has 20 heavy (non-hydrogen) atoms. The van der Waals surface area contributed by atoms with Gasteiger partial charge in [-0.2, -0.15) is 0 Å². The molecule has 112 valence electrons. The maximum absolute atomic E-state index is 3.83. The average Bonchev–Trinajstić information content (AvgIpc) is 2.86. The van der Waals surface area contributed by atoms with Gasteiger partial charge in [-0.05, 0) is 68.7 Å². The van der Waals surface area contributed by atoms with Gasteiger partial charge in [0, 0.05) is 6.04 Å². The molecule has 2 rings (SSSR count). The van der Waals surface area contributed by atoms with Gasteiger partial charge >= 0.3 is 0 Å². The van der Waals surface area contributed by atoms with Gasteiger partial charge in [0.15, 0.2) is 0 Å². The molecule has 1 N–H and O–H groups in total. The third-order valence-corrected chi connectivity index (χ3v) is 5.35. The van der Waals surface area contributed by atoms with Crippen molar-refractivity contribution in [2.24, 2.45) is 5.41 Å². The van der Waals surface area contributed by atoms with E-state index in [1.165, 1.54) is 48.8 Å². The van der Waals surface area contributed by atoms with Crippen LogP contribution in [0.25, 0.3) is 0 Å². The Balaban J connectivity index is 2.48. The zero-order valence-corrected chi connectivity index (χ0v) is 14.0. The van der Waals surface area contributed by atoms with Crippen LogP contribution in [0, 0.1) is 26.2 Å². The van der Waals surface area contributed by atoms with Crippen molar-refractivity contribution >= 4 is 0 Å². The van der Waals surface area contributed by atoms with Crippen molar-refractivity contribution in [1.82, 2.24) is 5.32 Å². The van der Waals surface area contributed by atoms with E-state index in [4.69, 9.17) is 0 Å². The fourth-order valence-corrected chi connectivity index (χ4v) is 4.40. The monoisotopic (exact) mass is 273 g/mol. The van der Waals surface area contributed by atoms with Gasteiger partial charge in [0.1, 0.15) is 0 Å². The Bertz CT molecular complexity index is 432. The van der Waals surface area contributed by atoms with Crippen molar-refractivity contribution in [1.29, 1.82) is 0 Å². The highest BCUT2D eigenvalue weighted by Gasteiger charge is 2.41. The number of benzene rings is 1. The fourth-order valence-electron chi connectivity index (χ4n) is 4.40. The molecule has 1 atom stereocenters. The summed E-state index contributed by atoms with van der Waals surface area (Å²) in [7, 11) is 0. The predicted molar refractivity (Wildman–Crippen MR) is 88.3 cm³/mol. The number of rotatable bonds is 5. The first-order valence-corrected chi connectivity index (χ1v) is 8.35. The lowest BCUT2D eigenvalue weighted by Gasteiger charge is -2.39. The smallest absolute Gasteiger partial charge is 0.0382 e. The molecular weight excluding hydrogens is 242 g/mol. The Kier molecular flexibility index (Phi) is 4.90. The zero-order valence-electron chi connectivity index (χ0n) is 14.0. The molecule has 0 aromatic heterocycles. The van der Waals surface area contributed by atoms with Crippen LogP contribution in [0.2, 0.25) is 0 Å². The van der Waals surface area contributed by atoms with E-state index in [0.29, 0.717) is 11.5 Å². The first-order valence-electron chi connectivity index (χ1n) is 8.35. The molecule has 0 aliphatic heterocycles. The van der Waals surface area contributed by atoms with Crippen LogP contribution in [0.5, 0.6) is 0 Å². The average molecular weight is 273 g/mol. The van der Waals surface area contributed by atoms with E-state index in [1.54, 1.807) is 5.56 Å². The summed E-state index contributed by atoms with van der Waals surface area (Å²) in [6.07, 6.45) is 6.86. The molecule has 1 aliphatic carbocycles. The Labute approximate surface area is 125 Å². The maximum Gasteiger partial charge on any atom is 0.0382 e. The van der Waals surface area contributed by atoms with Crippen molar-refractivity contribution in [3.05, 3.63) is 34.4 Å². The quantitative estimate of drug-likeness (QED) is 0.774. The molecule has 0 saturated heterocycles. The Hall–Kier alpha value is -0.820. The van der Waals surface area contributed by atoms with Crippen molar-refractivity contribution in [3.8, 4) is 0 Å². The Morgan fingerprint density at radius 3 is 2.05 bits per heavy atom. The minimum Gasteiger partial charge on any atom is -0.310 e. The number of hydrogen-bond donors (Lipinski definition) is 1. The summed E-state index contributed by atoms with van der Waals surface area (Å²) in [4.78, 5) is 0. The van der Waals surface area contributed by atoms with Crippen molar-refractivity contribution in [3.63, 3.8) is 0 Å². The van der Waals surface area contributed by atoms with Gasteiger partial charge in [0.25, 0.3) is 0 Å². The largest absolute Gasteiger partial charge is 0.310 e. The molecule has 0 radical (unpaired) electrons. The number of aryl methyl sites for hydroxylation is 3. The highest BCUT2D eigenvalue weighted by molar-refractivity contribution is 5.41. The van der Waals surface area contributed by atoms with E-state index >= 15 is 0 Å². The summed E-state index contributed by atoms with van der Waals surface area (Å²) in [5, 5.41) is 3.83. The summed E-state index contributed by atoms with van der Waals surface area (Å²) in [5.41, 5.74) is 6.36. The third-order valence-electron chi connectivity index (χ3n) is 5.35. The maximum atomic E-state index is 3.83. The van der Waals surface area contributed by atoms with E-state index in [-0.39, 0.29) is 0 Å². The first-order chi connectivity index (χ1) is 9.54. The van der Waals surface area contributed by atoms with Gasteiger partial charge in [0.05, 0.1) is 0 Å². The van der Waals surface area contributed by atoms with Crippen LogP contribution < -0.4 is 5.32 Å². The molecule has 1 nitrogen and oxygen atoms in total. The van der Waals surface area contributed by atoms with Crippen LogP contribution in [0.15, 0.2) is 12.1 Å². The second kappa shape index (κ2) is 6.30. The van der Waals surface area contributed by atoms with Crippen LogP contribution in [0.1, 0.15) is 74.2 Å². The van der Waals surface area contributed by atoms with E-state index in [0.717, 1.165) is 6.54 Å². The lowest BCUT2D eigenvalue weighted by atomic mass is 9.71. The predicted octanol–water partition coefficient (Wildman–Crippen LogP) is 5.23. The Morgan fingerprint density at radius 2 is 1.60 bits per heavy atom. The van der Waals surface area contributed by atoms with Crippen LogP contribution in [-0.2, 0) is 0 Å². The van der Waals surface area contributed by atoms with Crippen LogP contribution in [-0.4, -0.2) is 6.54 Å². The molecule has 1 fully saturated rings. The van der Waals surface area contributed by atoms with Gasteiger partial charge in [0.2, 0.25) is 0 Å². The summed E-state index contributed by atoms with van der Waals surface area (Å²) in [6, 6.07) is 5.23. The normalized spacial score (nSPS) is 19.2. The molecule has 0 heterocycles. The molecular formula is C19H31N. The standard InChI is InChI=1S/C19H31N/c1-6-19(10-8-9-11-19)18(20-7-2)17-15(4)12-14(3)13-16(17)5/h12-13,18,20H,6-11H2,1-5H3. The summed E-state index contributed by atoms with van der Waals surface area (Å²) < 4.78 is 0. The van der Waals surface area contributed by atoms with Crippen molar-refractivity contribution < 1.29 is 0 Å². The van der Waals surface area contributed by atoms with Gasteiger partial charge in [-0.15, -0.1) is 0 Å². The third kappa shape index (κ3) is 2.79. The van der Waals surface area contributed by atoms with E-state index in [1.807, 2.05) is 0 Å². The van der Waals surface area contributed by atoms with Gasteiger partial charge < -0.3 is 5.32 Å². The molecule has 1 aromatic carbocycles.